The normalized spacial score (nSPS) is 11.0. The molecular formula is C15H12FN3O2. The van der Waals surface area contributed by atoms with Gasteiger partial charge in [0.15, 0.2) is 11.4 Å². The molecule has 0 amide bonds. The monoisotopic (exact) mass is 285 g/mol. The first-order valence-electron chi connectivity index (χ1n) is 6.40. The van der Waals surface area contributed by atoms with Gasteiger partial charge in [-0.2, -0.15) is 0 Å². The molecule has 0 bridgehead atoms. The quantitative estimate of drug-likeness (QED) is 0.748. The summed E-state index contributed by atoms with van der Waals surface area (Å²) in [6, 6.07) is 7.55. The van der Waals surface area contributed by atoms with Gasteiger partial charge in [0, 0.05) is 25.6 Å². The molecule has 0 unspecified atom stereocenters. The lowest BCUT2D eigenvalue weighted by Gasteiger charge is -2.07. The van der Waals surface area contributed by atoms with E-state index in [2.05, 4.69) is 10.1 Å². The smallest absolute Gasteiger partial charge is 0.276 e. The van der Waals surface area contributed by atoms with Crippen molar-refractivity contribution >= 4 is 11.4 Å². The van der Waals surface area contributed by atoms with Gasteiger partial charge in [-0.3, -0.25) is 14.7 Å². The average Bonchev–Trinajstić information content (AvgIpc) is 2.90. The molecule has 1 aromatic carbocycles. The summed E-state index contributed by atoms with van der Waals surface area (Å²) in [6.45, 7) is 1.36. The van der Waals surface area contributed by atoms with Crippen molar-refractivity contribution in [3.8, 4) is 0 Å². The molecule has 0 atom stereocenters. The SMILES string of the molecule is CC(=O)c1nc2cc[nH]n2c(=O)c1Cc1cccc(F)c1. The maximum absolute atomic E-state index is 13.3. The van der Waals surface area contributed by atoms with E-state index in [1.165, 1.54) is 23.6 Å². The minimum Gasteiger partial charge on any atom is -0.297 e. The number of aromatic amines is 1. The summed E-state index contributed by atoms with van der Waals surface area (Å²) in [5, 5.41) is 2.75. The molecule has 0 fully saturated rings. The van der Waals surface area contributed by atoms with Crippen molar-refractivity contribution in [2.75, 3.05) is 0 Å². The van der Waals surface area contributed by atoms with Crippen molar-refractivity contribution in [3.63, 3.8) is 0 Å². The highest BCUT2D eigenvalue weighted by atomic mass is 19.1. The molecule has 0 aliphatic rings. The number of hydrogen-bond donors (Lipinski definition) is 1. The molecule has 5 nitrogen and oxygen atoms in total. The van der Waals surface area contributed by atoms with Crippen molar-refractivity contribution in [3.05, 3.63) is 69.5 Å². The van der Waals surface area contributed by atoms with E-state index in [-0.39, 0.29) is 34.8 Å². The first-order chi connectivity index (χ1) is 10.1. The van der Waals surface area contributed by atoms with Crippen LogP contribution in [-0.4, -0.2) is 20.4 Å². The lowest BCUT2D eigenvalue weighted by Crippen LogP contribution is -2.24. The average molecular weight is 285 g/mol. The summed E-state index contributed by atoms with van der Waals surface area (Å²) in [6.07, 6.45) is 1.72. The van der Waals surface area contributed by atoms with Gasteiger partial charge >= 0.3 is 0 Å². The fourth-order valence-electron chi connectivity index (χ4n) is 2.30. The van der Waals surface area contributed by atoms with Crippen LogP contribution in [0, 0.1) is 5.82 Å². The Labute approximate surface area is 119 Å². The number of halogens is 1. The number of H-pyrrole nitrogens is 1. The molecule has 6 heteroatoms. The summed E-state index contributed by atoms with van der Waals surface area (Å²) in [5.41, 5.74) is 1.03. The zero-order valence-electron chi connectivity index (χ0n) is 11.3. The van der Waals surface area contributed by atoms with Crippen LogP contribution in [0.4, 0.5) is 4.39 Å². The summed E-state index contributed by atoms with van der Waals surface area (Å²) in [5.74, 6) is -0.673. The van der Waals surface area contributed by atoms with Gasteiger partial charge in [0.05, 0.1) is 5.56 Å². The van der Waals surface area contributed by atoms with Crippen molar-refractivity contribution in [1.29, 1.82) is 0 Å². The zero-order chi connectivity index (χ0) is 15.0. The third-order valence-corrected chi connectivity index (χ3v) is 3.24. The van der Waals surface area contributed by atoms with Gasteiger partial charge < -0.3 is 0 Å². The lowest BCUT2D eigenvalue weighted by molar-refractivity contribution is 0.101. The first kappa shape index (κ1) is 13.2. The van der Waals surface area contributed by atoms with Crippen LogP contribution in [-0.2, 0) is 6.42 Å². The molecule has 0 saturated carbocycles. The Morgan fingerprint density at radius 3 is 2.90 bits per heavy atom. The number of rotatable bonds is 3. The Balaban J connectivity index is 2.20. The van der Waals surface area contributed by atoms with Crippen LogP contribution in [0.15, 0.2) is 41.3 Å². The van der Waals surface area contributed by atoms with Gasteiger partial charge in [-0.1, -0.05) is 12.1 Å². The Morgan fingerprint density at radius 2 is 2.19 bits per heavy atom. The van der Waals surface area contributed by atoms with Crippen LogP contribution in [0.1, 0.15) is 28.5 Å². The minimum atomic E-state index is -0.383. The number of benzene rings is 1. The number of hydrogen-bond acceptors (Lipinski definition) is 3. The highest BCUT2D eigenvalue weighted by molar-refractivity contribution is 5.94. The second-order valence-corrected chi connectivity index (χ2v) is 4.76. The molecule has 1 N–H and O–H groups in total. The second-order valence-electron chi connectivity index (χ2n) is 4.76. The largest absolute Gasteiger partial charge is 0.297 e. The standard InChI is InChI=1S/C15H12FN3O2/c1-9(20)14-12(8-10-3-2-4-11(16)7-10)15(21)19-13(18-14)5-6-17-19/h2-7,17H,8H2,1H3. The van der Waals surface area contributed by atoms with Gasteiger partial charge in [0.25, 0.3) is 5.56 Å². The predicted molar refractivity (Wildman–Crippen MR) is 75.0 cm³/mol. The van der Waals surface area contributed by atoms with Crippen LogP contribution in [0.2, 0.25) is 0 Å². The molecule has 0 radical (unpaired) electrons. The fraction of sp³-hybridized carbons (Fsp3) is 0.133. The first-order valence-corrected chi connectivity index (χ1v) is 6.40. The van der Waals surface area contributed by atoms with Crippen LogP contribution in [0.3, 0.4) is 0 Å². The third kappa shape index (κ3) is 2.35. The van der Waals surface area contributed by atoms with Crippen molar-refractivity contribution in [2.45, 2.75) is 13.3 Å². The number of carbonyl (C=O) groups excluding carboxylic acids is 1. The van der Waals surface area contributed by atoms with E-state index in [1.807, 2.05) is 0 Å². The van der Waals surface area contributed by atoms with Crippen molar-refractivity contribution in [1.82, 2.24) is 14.6 Å². The number of fused-ring (bicyclic) bond motifs is 1. The second kappa shape index (κ2) is 4.97. The summed E-state index contributed by atoms with van der Waals surface area (Å²) < 4.78 is 14.5. The number of nitrogens with zero attached hydrogens (tertiary/aromatic N) is 2. The lowest BCUT2D eigenvalue weighted by atomic mass is 10.0. The van der Waals surface area contributed by atoms with E-state index in [1.54, 1.807) is 24.4 Å². The number of aromatic nitrogens is 3. The van der Waals surface area contributed by atoms with E-state index < -0.39 is 0 Å². The number of ketones is 1. The van der Waals surface area contributed by atoms with Gasteiger partial charge in [-0.15, -0.1) is 0 Å². The highest BCUT2D eigenvalue weighted by Crippen LogP contribution is 2.12. The maximum atomic E-state index is 13.3. The molecule has 0 aliphatic carbocycles. The van der Waals surface area contributed by atoms with E-state index in [0.29, 0.717) is 11.2 Å². The fourth-order valence-corrected chi connectivity index (χ4v) is 2.30. The molecule has 106 valence electrons. The summed E-state index contributed by atoms with van der Waals surface area (Å²) in [4.78, 5) is 28.4. The summed E-state index contributed by atoms with van der Waals surface area (Å²) >= 11 is 0. The molecule has 3 rings (SSSR count). The minimum absolute atomic E-state index is 0.129. The number of carbonyl (C=O) groups is 1. The van der Waals surface area contributed by atoms with Crippen molar-refractivity contribution < 1.29 is 9.18 Å². The molecule has 2 heterocycles. The van der Waals surface area contributed by atoms with E-state index in [0.717, 1.165) is 0 Å². The number of nitrogens with one attached hydrogen (secondary N) is 1. The Kier molecular flexibility index (Phi) is 3.13. The van der Waals surface area contributed by atoms with Crippen LogP contribution < -0.4 is 5.56 Å². The van der Waals surface area contributed by atoms with Crippen LogP contribution in [0.5, 0.6) is 0 Å². The van der Waals surface area contributed by atoms with Crippen molar-refractivity contribution in [2.24, 2.45) is 0 Å². The van der Waals surface area contributed by atoms with E-state index in [4.69, 9.17) is 0 Å². The number of Topliss-reactive ketones (excluding diaryl/α,β-unsaturated/α-hetero) is 1. The molecule has 3 aromatic rings. The topological polar surface area (TPSA) is 67.2 Å². The van der Waals surface area contributed by atoms with Crippen LogP contribution in [0.25, 0.3) is 5.65 Å². The highest BCUT2D eigenvalue weighted by Gasteiger charge is 2.17. The molecule has 2 aromatic heterocycles. The zero-order valence-corrected chi connectivity index (χ0v) is 11.3. The Bertz CT molecular complexity index is 895. The predicted octanol–water partition coefficient (Wildman–Crippen LogP) is 1.96. The molecule has 0 spiro atoms. The summed E-state index contributed by atoms with van der Waals surface area (Å²) in [7, 11) is 0. The molecular weight excluding hydrogens is 273 g/mol. The van der Waals surface area contributed by atoms with E-state index >= 15 is 0 Å². The molecule has 0 saturated heterocycles. The van der Waals surface area contributed by atoms with Crippen LogP contribution >= 0.6 is 0 Å². The Hall–Kier alpha value is -2.76. The molecule has 21 heavy (non-hydrogen) atoms. The molecule has 0 aliphatic heterocycles. The van der Waals surface area contributed by atoms with Gasteiger partial charge in [-0.25, -0.2) is 13.9 Å². The Morgan fingerprint density at radius 1 is 1.38 bits per heavy atom. The van der Waals surface area contributed by atoms with Gasteiger partial charge in [0.2, 0.25) is 0 Å². The van der Waals surface area contributed by atoms with Gasteiger partial charge in [0.1, 0.15) is 11.5 Å². The van der Waals surface area contributed by atoms with E-state index in [9.17, 15) is 14.0 Å². The third-order valence-electron chi connectivity index (χ3n) is 3.24. The maximum Gasteiger partial charge on any atom is 0.276 e. The van der Waals surface area contributed by atoms with Gasteiger partial charge in [-0.05, 0) is 17.7 Å².